The van der Waals surface area contributed by atoms with Crippen LogP contribution >= 0.6 is 0 Å². The number of halogens is 1. The first-order valence-corrected chi connectivity index (χ1v) is 10.8. The molecule has 2 aliphatic rings. The minimum Gasteiger partial charge on any atom is -0.444 e. The van der Waals surface area contributed by atoms with Crippen molar-refractivity contribution in [2.24, 2.45) is 0 Å². The third-order valence-electron chi connectivity index (χ3n) is 4.95. The highest BCUT2D eigenvalue weighted by Crippen LogP contribution is 2.29. The number of carbonyl (C=O) groups is 1. The first-order valence-electron chi connectivity index (χ1n) is 9.02. The van der Waals surface area contributed by atoms with Gasteiger partial charge in [0.1, 0.15) is 17.7 Å². The smallest absolute Gasteiger partial charge is 0.414 e. The fraction of sp³-hybridized carbons (Fsp3) is 0.368. The summed E-state index contributed by atoms with van der Waals surface area (Å²) in [6.07, 6.45) is 0.869. The van der Waals surface area contributed by atoms with E-state index in [9.17, 15) is 17.6 Å². The van der Waals surface area contributed by atoms with Gasteiger partial charge in [-0.2, -0.15) is 0 Å². The number of ether oxygens (including phenoxy) is 1. The molecule has 3 heterocycles. The highest BCUT2D eigenvalue weighted by molar-refractivity contribution is 7.91. The third-order valence-corrected chi connectivity index (χ3v) is 6.56. The van der Waals surface area contributed by atoms with Gasteiger partial charge >= 0.3 is 6.09 Å². The molecule has 7 nitrogen and oxygen atoms in total. The number of anilines is 2. The lowest BCUT2D eigenvalue weighted by molar-refractivity contribution is 0.150. The van der Waals surface area contributed by atoms with E-state index in [1.165, 1.54) is 11.0 Å². The second-order valence-electron chi connectivity index (χ2n) is 7.01. The van der Waals surface area contributed by atoms with Crippen molar-refractivity contribution in [1.29, 1.82) is 0 Å². The molecule has 28 heavy (non-hydrogen) atoms. The van der Waals surface area contributed by atoms with Crippen LogP contribution in [0.5, 0.6) is 0 Å². The molecule has 4 rings (SSSR count). The quantitative estimate of drug-likeness (QED) is 0.781. The predicted molar refractivity (Wildman–Crippen MR) is 104 cm³/mol. The maximum Gasteiger partial charge on any atom is 0.414 e. The van der Waals surface area contributed by atoms with Crippen LogP contribution in [0, 0.1) is 5.82 Å². The van der Waals surface area contributed by atoms with Crippen LogP contribution in [0.15, 0.2) is 36.5 Å². The van der Waals surface area contributed by atoms with Gasteiger partial charge in [-0.25, -0.2) is 22.6 Å². The molecule has 0 bridgehead atoms. The molecule has 1 aromatic heterocycles. The number of amides is 1. The van der Waals surface area contributed by atoms with Crippen molar-refractivity contribution in [3.63, 3.8) is 0 Å². The van der Waals surface area contributed by atoms with Crippen LogP contribution in [0.1, 0.15) is 6.92 Å². The minimum atomic E-state index is -2.95. The minimum absolute atomic E-state index is 0.115. The Morgan fingerprint density at radius 1 is 1.18 bits per heavy atom. The van der Waals surface area contributed by atoms with E-state index in [4.69, 9.17) is 4.74 Å². The summed E-state index contributed by atoms with van der Waals surface area (Å²) in [6, 6.07) is 8.14. The molecule has 0 aliphatic carbocycles. The number of pyridine rings is 1. The molecule has 1 atom stereocenters. The maximum atomic E-state index is 14.7. The molecule has 0 saturated carbocycles. The van der Waals surface area contributed by atoms with E-state index in [2.05, 4.69) is 4.98 Å². The van der Waals surface area contributed by atoms with E-state index >= 15 is 0 Å². The molecular formula is C19H20FN3O4S. The number of carbonyl (C=O) groups excluding carboxylic acids is 1. The van der Waals surface area contributed by atoms with Gasteiger partial charge in [0.05, 0.1) is 23.7 Å². The normalized spacial score (nSPS) is 21.6. The zero-order valence-electron chi connectivity index (χ0n) is 15.3. The molecule has 148 valence electrons. The SMILES string of the molecule is CC1CN(c2ccc(-c3ccc(N4CCS(=O)(=O)CC4)nc3)c(F)c2)C(=O)O1. The second kappa shape index (κ2) is 7.05. The van der Waals surface area contributed by atoms with E-state index in [0.29, 0.717) is 42.3 Å². The van der Waals surface area contributed by atoms with Gasteiger partial charge in [0.25, 0.3) is 0 Å². The average molecular weight is 405 g/mol. The van der Waals surface area contributed by atoms with Crippen molar-refractivity contribution in [3.05, 3.63) is 42.3 Å². The molecule has 0 N–H and O–H groups in total. The zero-order chi connectivity index (χ0) is 19.9. The van der Waals surface area contributed by atoms with Gasteiger partial charge in [0, 0.05) is 30.4 Å². The van der Waals surface area contributed by atoms with E-state index < -0.39 is 21.7 Å². The van der Waals surface area contributed by atoms with Gasteiger partial charge in [-0.1, -0.05) is 0 Å². The molecule has 0 spiro atoms. The van der Waals surface area contributed by atoms with Crippen LogP contribution in [0.2, 0.25) is 0 Å². The Morgan fingerprint density at radius 2 is 1.93 bits per heavy atom. The van der Waals surface area contributed by atoms with Crippen molar-refractivity contribution in [3.8, 4) is 11.1 Å². The predicted octanol–water partition coefficient (Wildman–Crippen LogP) is 2.47. The van der Waals surface area contributed by atoms with Crippen molar-refractivity contribution in [2.45, 2.75) is 13.0 Å². The molecule has 2 fully saturated rings. The van der Waals surface area contributed by atoms with Crippen LogP contribution in [0.3, 0.4) is 0 Å². The van der Waals surface area contributed by atoms with Crippen molar-refractivity contribution < 1.29 is 22.3 Å². The van der Waals surface area contributed by atoms with Crippen LogP contribution in [-0.4, -0.2) is 56.7 Å². The molecule has 0 radical (unpaired) electrons. The average Bonchev–Trinajstić information content (AvgIpc) is 3.00. The highest BCUT2D eigenvalue weighted by Gasteiger charge is 2.30. The van der Waals surface area contributed by atoms with E-state index in [1.54, 1.807) is 37.4 Å². The van der Waals surface area contributed by atoms with Crippen LogP contribution in [-0.2, 0) is 14.6 Å². The Balaban J connectivity index is 1.52. The van der Waals surface area contributed by atoms with Crippen molar-refractivity contribution >= 4 is 27.4 Å². The van der Waals surface area contributed by atoms with Crippen molar-refractivity contribution in [2.75, 3.05) is 40.9 Å². The fourth-order valence-corrected chi connectivity index (χ4v) is 4.60. The topological polar surface area (TPSA) is 79.8 Å². The number of benzene rings is 1. The summed E-state index contributed by atoms with van der Waals surface area (Å²) in [5, 5.41) is 0. The molecule has 2 saturated heterocycles. The van der Waals surface area contributed by atoms with Crippen LogP contribution in [0.4, 0.5) is 20.7 Å². The number of aromatic nitrogens is 1. The Morgan fingerprint density at radius 3 is 2.50 bits per heavy atom. The van der Waals surface area contributed by atoms with Crippen LogP contribution < -0.4 is 9.80 Å². The summed E-state index contributed by atoms with van der Waals surface area (Å²) in [5.41, 5.74) is 1.44. The number of cyclic esters (lactones) is 1. The fourth-order valence-electron chi connectivity index (χ4n) is 3.40. The number of nitrogens with zero attached hydrogens (tertiary/aromatic N) is 3. The lowest BCUT2D eigenvalue weighted by atomic mass is 10.1. The standard InChI is InChI=1S/C19H20FN3O4S/c1-13-12-23(19(24)27-13)15-3-4-16(17(20)10-15)14-2-5-18(21-11-14)22-6-8-28(25,26)9-7-22/h2-5,10-11,13H,6-9,12H2,1H3. The summed E-state index contributed by atoms with van der Waals surface area (Å²) in [4.78, 5) is 19.5. The van der Waals surface area contributed by atoms with Gasteiger partial charge in [0.15, 0.2) is 9.84 Å². The van der Waals surface area contributed by atoms with E-state index in [-0.39, 0.29) is 17.6 Å². The molecule has 1 unspecified atom stereocenters. The molecular weight excluding hydrogens is 385 g/mol. The summed E-state index contributed by atoms with van der Waals surface area (Å²) in [6.45, 7) is 2.98. The summed E-state index contributed by atoms with van der Waals surface area (Å²) in [7, 11) is -2.95. The van der Waals surface area contributed by atoms with Gasteiger partial charge < -0.3 is 9.64 Å². The number of sulfone groups is 1. The summed E-state index contributed by atoms with van der Waals surface area (Å²) < 4.78 is 42.8. The van der Waals surface area contributed by atoms with E-state index in [1.807, 2.05) is 4.90 Å². The second-order valence-corrected chi connectivity index (χ2v) is 9.32. The van der Waals surface area contributed by atoms with Gasteiger partial charge in [-0.05, 0) is 37.3 Å². The van der Waals surface area contributed by atoms with Crippen LogP contribution in [0.25, 0.3) is 11.1 Å². The van der Waals surface area contributed by atoms with Gasteiger partial charge in [-0.15, -0.1) is 0 Å². The first-order chi connectivity index (χ1) is 13.3. The zero-order valence-corrected chi connectivity index (χ0v) is 16.2. The highest BCUT2D eigenvalue weighted by atomic mass is 32.2. The first kappa shape index (κ1) is 18.7. The lowest BCUT2D eigenvalue weighted by Gasteiger charge is -2.27. The largest absolute Gasteiger partial charge is 0.444 e. The Kier molecular flexibility index (Phi) is 4.70. The maximum absolute atomic E-state index is 14.7. The van der Waals surface area contributed by atoms with E-state index in [0.717, 1.165) is 0 Å². The molecule has 1 aromatic carbocycles. The molecule has 1 amide bonds. The number of hydrogen-bond donors (Lipinski definition) is 0. The Labute approximate surface area is 162 Å². The number of rotatable bonds is 3. The number of hydrogen-bond acceptors (Lipinski definition) is 6. The lowest BCUT2D eigenvalue weighted by Crippen LogP contribution is -2.40. The summed E-state index contributed by atoms with van der Waals surface area (Å²) >= 11 is 0. The monoisotopic (exact) mass is 405 g/mol. The molecule has 2 aromatic rings. The van der Waals surface area contributed by atoms with Crippen molar-refractivity contribution in [1.82, 2.24) is 4.98 Å². The molecule has 9 heteroatoms. The molecule has 2 aliphatic heterocycles. The summed E-state index contributed by atoms with van der Waals surface area (Å²) in [5.74, 6) is 0.446. The third kappa shape index (κ3) is 3.66. The van der Waals surface area contributed by atoms with Gasteiger partial charge in [0.2, 0.25) is 0 Å². The Bertz CT molecular complexity index is 996. The Hall–Kier alpha value is -2.68. The van der Waals surface area contributed by atoms with Gasteiger partial charge in [-0.3, -0.25) is 4.90 Å².